The van der Waals surface area contributed by atoms with E-state index in [0.717, 1.165) is 24.2 Å². The molecule has 1 atom stereocenters. The third kappa shape index (κ3) is 10.0. The third-order valence-electron chi connectivity index (χ3n) is 5.40. The smallest absolute Gasteiger partial charge is 0.0946 e. The lowest BCUT2D eigenvalue weighted by Gasteiger charge is -2.24. The first-order valence-corrected chi connectivity index (χ1v) is 12.1. The average Bonchev–Trinajstić information content (AvgIpc) is 3.18. The van der Waals surface area contributed by atoms with Crippen LogP contribution in [-0.2, 0) is 11.3 Å². The molecule has 4 heteroatoms. The van der Waals surface area contributed by atoms with Crippen molar-refractivity contribution in [2.45, 2.75) is 108 Å². The molecule has 0 aliphatic heterocycles. The Hall–Kier alpha value is -0.480. The van der Waals surface area contributed by atoms with E-state index >= 15 is 0 Å². The predicted octanol–water partition coefficient (Wildman–Crippen LogP) is 6.47. The second kappa shape index (κ2) is 14.6. The van der Waals surface area contributed by atoms with Crippen LogP contribution in [0.15, 0.2) is 18.7 Å². The molecule has 3 nitrogen and oxygen atoms in total. The summed E-state index contributed by atoms with van der Waals surface area (Å²) in [5, 5.41) is 0.862. The maximum atomic E-state index is 6.28. The fourth-order valence-corrected chi connectivity index (χ4v) is 5.10. The SMILES string of the molecule is CCCCCCCCCCOC(CSC1CCCCC1)Cn1ccnc1. The Kier molecular flexibility index (Phi) is 12.2. The van der Waals surface area contributed by atoms with Crippen LogP contribution in [0, 0.1) is 0 Å². The minimum atomic E-state index is 0.320. The number of aromatic nitrogens is 2. The molecule has 0 aromatic carbocycles. The number of thioether (sulfide) groups is 1. The summed E-state index contributed by atoms with van der Waals surface area (Å²) >= 11 is 2.15. The van der Waals surface area contributed by atoms with E-state index in [9.17, 15) is 0 Å². The molecule has 1 aromatic rings. The molecule has 0 bridgehead atoms. The van der Waals surface area contributed by atoms with Crippen LogP contribution >= 0.6 is 11.8 Å². The molecule has 2 rings (SSSR count). The Bertz CT molecular complexity index is 418. The van der Waals surface area contributed by atoms with Crippen molar-refractivity contribution in [3.05, 3.63) is 18.7 Å². The fraction of sp³-hybridized carbons (Fsp3) is 0.864. The van der Waals surface area contributed by atoms with Crippen molar-refractivity contribution in [1.29, 1.82) is 0 Å². The number of hydrogen-bond acceptors (Lipinski definition) is 3. The summed E-state index contributed by atoms with van der Waals surface area (Å²) in [5.74, 6) is 1.12. The van der Waals surface area contributed by atoms with E-state index in [-0.39, 0.29) is 0 Å². The standard InChI is InChI=1S/C22H40N2OS/c1-2-3-4-5-6-7-8-12-17-25-21(18-24-16-15-23-20-24)19-26-22-13-10-9-11-14-22/h15-16,20-22H,2-14,17-19H2,1H3. The predicted molar refractivity (Wildman–Crippen MR) is 114 cm³/mol. The number of nitrogens with zero attached hydrogens (tertiary/aromatic N) is 2. The molecule has 0 radical (unpaired) electrons. The van der Waals surface area contributed by atoms with Gasteiger partial charge in [0.1, 0.15) is 0 Å². The summed E-state index contributed by atoms with van der Waals surface area (Å²) in [5.41, 5.74) is 0. The number of imidazole rings is 1. The first-order valence-electron chi connectivity index (χ1n) is 11.1. The zero-order valence-corrected chi connectivity index (χ0v) is 17.7. The van der Waals surface area contributed by atoms with Gasteiger partial charge in [-0.2, -0.15) is 11.8 Å². The Labute approximate surface area is 165 Å². The van der Waals surface area contributed by atoms with Gasteiger partial charge in [-0.3, -0.25) is 0 Å². The summed E-state index contributed by atoms with van der Waals surface area (Å²) in [4.78, 5) is 4.18. The Balaban J connectivity index is 1.58. The maximum absolute atomic E-state index is 6.28. The van der Waals surface area contributed by atoms with Gasteiger partial charge in [-0.05, 0) is 19.3 Å². The molecule has 1 fully saturated rings. The van der Waals surface area contributed by atoms with Gasteiger partial charge in [0.15, 0.2) is 0 Å². The molecule has 0 amide bonds. The maximum Gasteiger partial charge on any atom is 0.0946 e. The molecule has 1 unspecified atom stereocenters. The first kappa shape index (κ1) is 21.8. The zero-order valence-electron chi connectivity index (χ0n) is 16.9. The fourth-order valence-electron chi connectivity index (χ4n) is 3.74. The van der Waals surface area contributed by atoms with Crippen LogP contribution in [0.3, 0.4) is 0 Å². The molecular formula is C22H40N2OS. The second-order valence-corrected chi connectivity index (χ2v) is 9.15. The van der Waals surface area contributed by atoms with Gasteiger partial charge in [-0.25, -0.2) is 4.98 Å². The normalized spacial score (nSPS) is 16.8. The summed E-state index contributed by atoms with van der Waals surface area (Å²) in [7, 11) is 0. The van der Waals surface area contributed by atoms with Crippen molar-refractivity contribution in [3.63, 3.8) is 0 Å². The molecular weight excluding hydrogens is 340 g/mol. The van der Waals surface area contributed by atoms with Crippen LogP contribution in [0.4, 0.5) is 0 Å². The number of rotatable bonds is 15. The monoisotopic (exact) mass is 380 g/mol. The Morgan fingerprint density at radius 2 is 1.77 bits per heavy atom. The highest BCUT2D eigenvalue weighted by atomic mass is 32.2. The van der Waals surface area contributed by atoms with Gasteiger partial charge < -0.3 is 9.30 Å². The highest BCUT2D eigenvalue weighted by Gasteiger charge is 2.17. The number of hydrogen-bond donors (Lipinski definition) is 0. The van der Waals surface area contributed by atoms with Gasteiger partial charge in [0.05, 0.1) is 19.0 Å². The van der Waals surface area contributed by atoms with Crippen molar-refractivity contribution in [3.8, 4) is 0 Å². The van der Waals surface area contributed by atoms with E-state index in [0.29, 0.717) is 6.10 Å². The number of unbranched alkanes of at least 4 members (excludes halogenated alkanes) is 7. The molecule has 1 saturated carbocycles. The lowest BCUT2D eigenvalue weighted by Crippen LogP contribution is -2.24. The molecule has 1 heterocycles. The minimum absolute atomic E-state index is 0.320. The second-order valence-electron chi connectivity index (χ2n) is 7.82. The highest BCUT2D eigenvalue weighted by Crippen LogP contribution is 2.29. The molecule has 0 saturated heterocycles. The van der Waals surface area contributed by atoms with Crippen molar-refractivity contribution in [2.24, 2.45) is 0 Å². The zero-order chi connectivity index (χ0) is 18.3. The van der Waals surface area contributed by atoms with Gasteiger partial charge in [0, 0.05) is 30.0 Å². The summed E-state index contributed by atoms with van der Waals surface area (Å²) < 4.78 is 8.45. The van der Waals surface area contributed by atoms with Crippen LogP contribution in [-0.4, -0.2) is 33.3 Å². The van der Waals surface area contributed by atoms with Crippen LogP contribution in [0.1, 0.15) is 90.4 Å². The minimum Gasteiger partial charge on any atom is -0.376 e. The van der Waals surface area contributed by atoms with Crippen LogP contribution < -0.4 is 0 Å². The van der Waals surface area contributed by atoms with E-state index in [1.165, 1.54) is 83.5 Å². The lowest BCUT2D eigenvalue weighted by atomic mass is 10.0. The molecule has 1 aliphatic carbocycles. The van der Waals surface area contributed by atoms with E-state index in [2.05, 4.69) is 34.4 Å². The molecule has 0 spiro atoms. The summed E-state index contributed by atoms with van der Waals surface area (Å²) in [6, 6.07) is 0. The first-order chi connectivity index (χ1) is 12.9. The molecule has 0 N–H and O–H groups in total. The van der Waals surface area contributed by atoms with Gasteiger partial charge in [0.2, 0.25) is 0 Å². The van der Waals surface area contributed by atoms with Crippen LogP contribution in [0.2, 0.25) is 0 Å². The average molecular weight is 381 g/mol. The largest absolute Gasteiger partial charge is 0.376 e. The van der Waals surface area contributed by atoms with E-state index < -0.39 is 0 Å². The van der Waals surface area contributed by atoms with Crippen molar-refractivity contribution in [2.75, 3.05) is 12.4 Å². The number of ether oxygens (including phenoxy) is 1. The van der Waals surface area contributed by atoms with Crippen molar-refractivity contribution >= 4 is 11.8 Å². The van der Waals surface area contributed by atoms with Gasteiger partial charge in [-0.1, -0.05) is 71.1 Å². The van der Waals surface area contributed by atoms with E-state index in [1.54, 1.807) is 0 Å². The van der Waals surface area contributed by atoms with Crippen LogP contribution in [0.25, 0.3) is 0 Å². The Morgan fingerprint density at radius 1 is 1.04 bits per heavy atom. The van der Waals surface area contributed by atoms with Crippen LogP contribution in [0.5, 0.6) is 0 Å². The van der Waals surface area contributed by atoms with Crippen molar-refractivity contribution < 1.29 is 4.74 Å². The van der Waals surface area contributed by atoms with E-state index in [4.69, 9.17) is 4.74 Å². The Morgan fingerprint density at radius 3 is 2.46 bits per heavy atom. The topological polar surface area (TPSA) is 27.1 Å². The molecule has 150 valence electrons. The molecule has 1 aromatic heterocycles. The van der Waals surface area contributed by atoms with Gasteiger partial charge >= 0.3 is 0 Å². The van der Waals surface area contributed by atoms with Gasteiger partial charge in [0.25, 0.3) is 0 Å². The third-order valence-corrected chi connectivity index (χ3v) is 6.90. The van der Waals surface area contributed by atoms with Gasteiger partial charge in [-0.15, -0.1) is 0 Å². The molecule has 26 heavy (non-hydrogen) atoms. The quantitative estimate of drug-likeness (QED) is 0.326. The molecule has 1 aliphatic rings. The summed E-state index contributed by atoms with van der Waals surface area (Å²) in [6.45, 7) is 4.14. The van der Waals surface area contributed by atoms with E-state index in [1.807, 2.05) is 12.5 Å². The summed E-state index contributed by atoms with van der Waals surface area (Å²) in [6.07, 6.45) is 24.1. The highest BCUT2D eigenvalue weighted by molar-refractivity contribution is 7.99. The lowest BCUT2D eigenvalue weighted by molar-refractivity contribution is 0.0547. The van der Waals surface area contributed by atoms with Crippen molar-refractivity contribution in [1.82, 2.24) is 9.55 Å².